The van der Waals surface area contributed by atoms with E-state index in [0.29, 0.717) is 0 Å². The zero-order chi connectivity index (χ0) is 12.7. The van der Waals surface area contributed by atoms with Gasteiger partial charge >= 0.3 is 5.97 Å². The van der Waals surface area contributed by atoms with Crippen molar-refractivity contribution in [1.29, 1.82) is 0 Å². The number of carbonyl (C=O) groups is 1. The molecule has 90 valence electrons. The van der Waals surface area contributed by atoms with Crippen molar-refractivity contribution in [1.82, 2.24) is 0 Å². The standard InChI is InChI=1S/C14H16O3/c1-11(5-4-6-14(15)17-3)12-7-9-13(16-2)10-8-12/h4-10H,1-3H3/b6-4+,11-5+. The molecule has 0 saturated carbocycles. The molecule has 1 aromatic carbocycles. The van der Waals surface area contributed by atoms with Gasteiger partial charge in [-0.15, -0.1) is 0 Å². The van der Waals surface area contributed by atoms with Crippen molar-refractivity contribution in [2.24, 2.45) is 0 Å². The van der Waals surface area contributed by atoms with Crippen molar-refractivity contribution in [2.75, 3.05) is 14.2 Å². The Bertz CT molecular complexity index is 427. The predicted molar refractivity (Wildman–Crippen MR) is 67.8 cm³/mol. The summed E-state index contributed by atoms with van der Waals surface area (Å²) in [5.41, 5.74) is 2.15. The van der Waals surface area contributed by atoms with Gasteiger partial charge in [0, 0.05) is 6.08 Å². The summed E-state index contributed by atoms with van der Waals surface area (Å²) in [7, 11) is 2.99. The first-order chi connectivity index (χ1) is 8.17. The van der Waals surface area contributed by atoms with Crippen LogP contribution >= 0.6 is 0 Å². The van der Waals surface area contributed by atoms with Crippen LogP contribution in [0.15, 0.2) is 42.5 Å². The Morgan fingerprint density at radius 3 is 2.35 bits per heavy atom. The highest BCUT2D eigenvalue weighted by Crippen LogP contribution is 2.17. The number of hydrogen-bond donors (Lipinski definition) is 0. The predicted octanol–water partition coefficient (Wildman–Crippen LogP) is 2.83. The van der Waals surface area contributed by atoms with E-state index in [1.165, 1.54) is 13.2 Å². The smallest absolute Gasteiger partial charge is 0.330 e. The SMILES string of the molecule is COC(=O)/C=C/C=C(\C)c1ccc(OC)cc1. The molecule has 3 nitrogen and oxygen atoms in total. The number of methoxy groups -OCH3 is 2. The monoisotopic (exact) mass is 232 g/mol. The number of benzene rings is 1. The van der Waals surface area contributed by atoms with Gasteiger partial charge in [0.15, 0.2) is 0 Å². The van der Waals surface area contributed by atoms with Crippen molar-refractivity contribution >= 4 is 11.5 Å². The number of carbonyl (C=O) groups excluding carboxylic acids is 1. The Hall–Kier alpha value is -2.03. The van der Waals surface area contributed by atoms with Crippen LogP contribution in [0.2, 0.25) is 0 Å². The summed E-state index contributed by atoms with van der Waals surface area (Å²) >= 11 is 0. The molecule has 3 heteroatoms. The molecule has 1 aromatic rings. The van der Waals surface area contributed by atoms with Gasteiger partial charge in [-0.3, -0.25) is 0 Å². The van der Waals surface area contributed by atoms with Crippen molar-refractivity contribution in [3.8, 4) is 5.75 Å². The zero-order valence-electron chi connectivity index (χ0n) is 10.3. The van der Waals surface area contributed by atoms with Crippen LogP contribution in [-0.4, -0.2) is 20.2 Å². The van der Waals surface area contributed by atoms with E-state index in [-0.39, 0.29) is 5.97 Å². The highest BCUT2D eigenvalue weighted by Gasteiger charge is 1.95. The Kier molecular flexibility index (Phi) is 5.01. The Labute approximate surface area is 101 Å². The van der Waals surface area contributed by atoms with E-state index >= 15 is 0 Å². The molecule has 0 bridgehead atoms. The van der Waals surface area contributed by atoms with Crippen molar-refractivity contribution in [3.05, 3.63) is 48.1 Å². The van der Waals surface area contributed by atoms with Gasteiger partial charge in [0.05, 0.1) is 14.2 Å². The summed E-state index contributed by atoms with van der Waals surface area (Å²) in [5.74, 6) is 0.468. The van der Waals surface area contributed by atoms with Crippen LogP contribution in [0.4, 0.5) is 0 Å². The molecule has 0 heterocycles. The molecule has 0 amide bonds. The first kappa shape index (κ1) is 13.0. The number of rotatable bonds is 4. The largest absolute Gasteiger partial charge is 0.497 e. The summed E-state index contributed by atoms with van der Waals surface area (Å²) in [6.45, 7) is 1.98. The quantitative estimate of drug-likeness (QED) is 0.455. The minimum absolute atomic E-state index is 0.358. The van der Waals surface area contributed by atoms with E-state index in [1.54, 1.807) is 13.2 Å². The molecular weight excluding hydrogens is 216 g/mol. The average molecular weight is 232 g/mol. The van der Waals surface area contributed by atoms with E-state index in [0.717, 1.165) is 16.9 Å². The minimum atomic E-state index is -0.358. The lowest BCUT2D eigenvalue weighted by atomic mass is 10.1. The van der Waals surface area contributed by atoms with Gasteiger partial charge in [-0.25, -0.2) is 4.79 Å². The van der Waals surface area contributed by atoms with E-state index in [1.807, 2.05) is 37.3 Å². The molecule has 0 spiro atoms. The summed E-state index contributed by atoms with van der Waals surface area (Å²) in [5, 5.41) is 0. The lowest BCUT2D eigenvalue weighted by Crippen LogP contribution is -1.92. The van der Waals surface area contributed by atoms with Gasteiger partial charge < -0.3 is 9.47 Å². The Morgan fingerprint density at radius 1 is 1.18 bits per heavy atom. The highest BCUT2D eigenvalue weighted by atomic mass is 16.5. The number of allylic oxidation sites excluding steroid dienone is 3. The van der Waals surface area contributed by atoms with Crippen molar-refractivity contribution in [2.45, 2.75) is 6.92 Å². The third-order valence-corrected chi connectivity index (χ3v) is 2.33. The molecule has 17 heavy (non-hydrogen) atoms. The fourth-order valence-corrected chi connectivity index (χ4v) is 1.29. The molecule has 0 N–H and O–H groups in total. The second-order valence-corrected chi connectivity index (χ2v) is 3.46. The van der Waals surface area contributed by atoms with Gasteiger partial charge in [0.25, 0.3) is 0 Å². The molecular formula is C14H16O3. The normalized spacial score (nSPS) is 11.6. The third-order valence-electron chi connectivity index (χ3n) is 2.33. The second-order valence-electron chi connectivity index (χ2n) is 3.46. The van der Waals surface area contributed by atoms with Crippen LogP contribution < -0.4 is 4.74 Å². The first-order valence-corrected chi connectivity index (χ1v) is 5.24. The van der Waals surface area contributed by atoms with Crippen LogP contribution in [0.1, 0.15) is 12.5 Å². The molecule has 0 aromatic heterocycles. The Balaban J connectivity index is 2.74. The van der Waals surface area contributed by atoms with Gasteiger partial charge in [0.2, 0.25) is 0 Å². The van der Waals surface area contributed by atoms with Gasteiger partial charge in [-0.05, 0) is 30.2 Å². The van der Waals surface area contributed by atoms with Gasteiger partial charge in [-0.2, -0.15) is 0 Å². The van der Waals surface area contributed by atoms with Crippen LogP contribution in [0.5, 0.6) is 5.75 Å². The molecule has 0 aliphatic rings. The molecule has 0 atom stereocenters. The van der Waals surface area contributed by atoms with Gasteiger partial charge in [-0.1, -0.05) is 24.3 Å². The van der Waals surface area contributed by atoms with E-state index in [2.05, 4.69) is 4.74 Å². The maximum atomic E-state index is 10.9. The van der Waals surface area contributed by atoms with E-state index < -0.39 is 0 Å². The molecule has 0 saturated heterocycles. The van der Waals surface area contributed by atoms with Crippen LogP contribution in [0.3, 0.4) is 0 Å². The molecule has 1 rings (SSSR count). The summed E-state index contributed by atoms with van der Waals surface area (Å²) in [4.78, 5) is 10.9. The summed E-state index contributed by atoms with van der Waals surface area (Å²) < 4.78 is 9.58. The number of ether oxygens (including phenoxy) is 2. The molecule has 0 aliphatic heterocycles. The van der Waals surface area contributed by atoms with Crippen LogP contribution in [0.25, 0.3) is 5.57 Å². The van der Waals surface area contributed by atoms with E-state index in [9.17, 15) is 4.79 Å². The molecule has 0 radical (unpaired) electrons. The van der Waals surface area contributed by atoms with Crippen molar-refractivity contribution < 1.29 is 14.3 Å². The van der Waals surface area contributed by atoms with E-state index in [4.69, 9.17) is 4.74 Å². The van der Waals surface area contributed by atoms with Crippen LogP contribution in [0, 0.1) is 0 Å². The zero-order valence-corrected chi connectivity index (χ0v) is 10.3. The summed E-state index contributed by atoms with van der Waals surface area (Å²) in [6.07, 6.45) is 4.91. The first-order valence-electron chi connectivity index (χ1n) is 5.24. The van der Waals surface area contributed by atoms with Crippen LogP contribution in [-0.2, 0) is 9.53 Å². The lowest BCUT2D eigenvalue weighted by molar-refractivity contribution is -0.134. The third kappa shape index (κ3) is 4.15. The maximum Gasteiger partial charge on any atom is 0.330 e. The molecule has 0 unspecified atom stereocenters. The molecule has 0 fully saturated rings. The minimum Gasteiger partial charge on any atom is -0.497 e. The Morgan fingerprint density at radius 2 is 1.82 bits per heavy atom. The second kappa shape index (κ2) is 6.53. The fraction of sp³-hybridized carbons (Fsp3) is 0.214. The topological polar surface area (TPSA) is 35.5 Å². The maximum absolute atomic E-state index is 10.9. The lowest BCUT2D eigenvalue weighted by Gasteiger charge is -2.02. The summed E-state index contributed by atoms with van der Waals surface area (Å²) in [6, 6.07) is 7.74. The fourth-order valence-electron chi connectivity index (χ4n) is 1.29. The van der Waals surface area contributed by atoms with Crippen molar-refractivity contribution in [3.63, 3.8) is 0 Å². The highest BCUT2D eigenvalue weighted by molar-refractivity contribution is 5.82. The number of hydrogen-bond acceptors (Lipinski definition) is 3. The number of esters is 1. The average Bonchev–Trinajstić information content (AvgIpc) is 2.38. The van der Waals surface area contributed by atoms with Gasteiger partial charge in [0.1, 0.15) is 5.75 Å². The molecule has 0 aliphatic carbocycles.